The van der Waals surface area contributed by atoms with Crippen molar-refractivity contribution >= 4 is 0 Å². The molecule has 0 aliphatic carbocycles. The Morgan fingerprint density at radius 1 is 1.33 bits per heavy atom. The van der Waals surface area contributed by atoms with Gasteiger partial charge in [-0.3, -0.25) is 5.10 Å². The predicted molar refractivity (Wildman–Crippen MR) is 70.6 cm³/mol. The third-order valence-corrected chi connectivity index (χ3v) is 2.97. The molecule has 4 heteroatoms. The fraction of sp³-hybridized carbons (Fsp3) is 0.357. The Bertz CT molecular complexity index is 532. The third-order valence-electron chi connectivity index (χ3n) is 2.97. The minimum atomic E-state index is -0.0425. The molecule has 0 bridgehead atoms. The van der Waals surface area contributed by atoms with Crippen LogP contribution in [0.2, 0.25) is 0 Å². The van der Waals surface area contributed by atoms with Crippen molar-refractivity contribution in [1.82, 2.24) is 10.2 Å². The Morgan fingerprint density at radius 3 is 2.67 bits per heavy atom. The van der Waals surface area contributed by atoms with Gasteiger partial charge in [0, 0.05) is 5.56 Å². The van der Waals surface area contributed by atoms with Crippen LogP contribution in [0.1, 0.15) is 31.0 Å². The first-order chi connectivity index (χ1) is 8.65. The monoisotopic (exact) mass is 246 g/mol. The van der Waals surface area contributed by atoms with Crippen LogP contribution >= 0.6 is 0 Å². The van der Waals surface area contributed by atoms with E-state index in [1.807, 2.05) is 12.1 Å². The van der Waals surface area contributed by atoms with E-state index in [1.165, 1.54) is 5.56 Å². The topological polar surface area (TPSA) is 58.1 Å². The minimum Gasteiger partial charge on any atom is -0.496 e. The molecule has 0 radical (unpaired) electrons. The molecule has 18 heavy (non-hydrogen) atoms. The lowest BCUT2D eigenvalue weighted by molar-refractivity contribution is 0.276. The van der Waals surface area contributed by atoms with Gasteiger partial charge >= 0.3 is 0 Å². The van der Waals surface area contributed by atoms with Crippen LogP contribution in [0.3, 0.4) is 0 Å². The number of aromatic nitrogens is 2. The van der Waals surface area contributed by atoms with E-state index in [0.717, 1.165) is 17.0 Å². The van der Waals surface area contributed by atoms with Crippen LogP contribution in [0, 0.1) is 0 Å². The molecule has 0 atom stereocenters. The summed E-state index contributed by atoms with van der Waals surface area (Å²) >= 11 is 0. The van der Waals surface area contributed by atoms with Crippen molar-refractivity contribution in [2.75, 3.05) is 7.11 Å². The highest BCUT2D eigenvalue weighted by Crippen LogP contribution is 2.32. The normalized spacial score (nSPS) is 10.9. The van der Waals surface area contributed by atoms with Gasteiger partial charge < -0.3 is 9.84 Å². The summed E-state index contributed by atoms with van der Waals surface area (Å²) in [5.74, 6) is 1.24. The second kappa shape index (κ2) is 5.23. The van der Waals surface area contributed by atoms with Crippen molar-refractivity contribution in [3.63, 3.8) is 0 Å². The number of aromatic amines is 1. The van der Waals surface area contributed by atoms with Gasteiger partial charge in [0.05, 0.1) is 25.1 Å². The number of aliphatic hydroxyl groups is 1. The maximum absolute atomic E-state index is 9.06. The van der Waals surface area contributed by atoms with Crippen molar-refractivity contribution < 1.29 is 9.84 Å². The maximum atomic E-state index is 9.06. The SMILES string of the molecule is COc1ccc(C(C)C)cc1-c1cc(CO)[nH]n1. The van der Waals surface area contributed by atoms with Gasteiger partial charge in [-0.25, -0.2) is 0 Å². The molecular weight excluding hydrogens is 228 g/mol. The molecule has 0 amide bonds. The van der Waals surface area contributed by atoms with Crippen LogP contribution in [0.15, 0.2) is 24.3 Å². The average Bonchev–Trinajstić information content (AvgIpc) is 2.86. The quantitative estimate of drug-likeness (QED) is 0.872. The Labute approximate surface area is 107 Å². The number of ether oxygens (including phenoxy) is 1. The van der Waals surface area contributed by atoms with Gasteiger partial charge in [-0.2, -0.15) is 5.10 Å². The molecule has 0 saturated carbocycles. The Balaban J connectivity index is 2.49. The van der Waals surface area contributed by atoms with Crippen LogP contribution in [-0.2, 0) is 6.61 Å². The smallest absolute Gasteiger partial charge is 0.128 e. The highest BCUT2D eigenvalue weighted by molar-refractivity contribution is 5.68. The van der Waals surface area contributed by atoms with Crippen molar-refractivity contribution in [1.29, 1.82) is 0 Å². The fourth-order valence-corrected chi connectivity index (χ4v) is 1.87. The number of benzene rings is 1. The predicted octanol–water partition coefficient (Wildman–Crippen LogP) is 2.70. The molecule has 1 heterocycles. The molecule has 2 rings (SSSR count). The lowest BCUT2D eigenvalue weighted by atomic mass is 9.99. The summed E-state index contributed by atoms with van der Waals surface area (Å²) in [4.78, 5) is 0. The standard InChI is InChI=1S/C14H18N2O2/c1-9(2)10-4-5-14(18-3)12(6-10)13-7-11(8-17)15-16-13/h4-7,9,17H,8H2,1-3H3,(H,15,16). The number of rotatable bonds is 4. The first kappa shape index (κ1) is 12.6. The van der Waals surface area contributed by atoms with Gasteiger partial charge in [0.1, 0.15) is 5.75 Å². The summed E-state index contributed by atoms with van der Waals surface area (Å²) in [6.45, 7) is 4.25. The Morgan fingerprint density at radius 2 is 2.11 bits per heavy atom. The number of nitrogens with zero attached hydrogens (tertiary/aromatic N) is 1. The molecule has 4 nitrogen and oxygen atoms in total. The molecular formula is C14H18N2O2. The first-order valence-electron chi connectivity index (χ1n) is 5.99. The van der Waals surface area contributed by atoms with Gasteiger partial charge in [0.15, 0.2) is 0 Å². The number of aliphatic hydroxyl groups excluding tert-OH is 1. The van der Waals surface area contributed by atoms with Crippen molar-refractivity contribution in [2.24, 2.45) is 0 Å². The second-order valence-electron chi connectivity index (χ2n) is 4.55. The lowest BCUT2D eigenvalue weighted by Crippen LogP contribution is -1.93. The van der Waals surface area contributed by atoms with Gasteiger partial charge in [-0.1, -0.05) is 19.9 Å². The van der Waals surface area contributed by atoms with E-state index in [9.17, 15) is 0 Å². The summed E-state index contributed by atoms with van der Waals surface area (Å²) in [5, 5.41) is 16.1. The third kappa shape index (κ3) is 2.38. The molecule has 0 aliphatic heterocycles. The molecule has 2 N–H and O–H groups in total. The van der Waals surface area contributed by atoms with E-state index in [1.54, 1.807) is 7.11 Å². The summed E-state index contributed by atoms with van der Waals surface area (Å²) in [6, 6.07) is 7.94. The van der Waals surface area contributed by atoms with E-state index in [4.69, 9.17) is 9.84 Å². The molecule has 0 saturated heterocycles. The van der Waals surface area contributed by atoms with E-state index in [-0.39, 0.29) is 6.61 Å². The van der Waals surface area contributed by atoms with E-state index in [2.05, 4.69) is 36.2 Å². The molecule has 0 spiro atoms. The number of methoxy groups -OCH3 is 1. The molecule has 96 valence electrons. The first-order valence-corrected chi connectivity index (χ1v) is 5.99. The summed E-state index contributed by atoms with van der Waals surface area (Å²) in [6.07, 6.45) is 0. The van der Waals surface area contributed by atoms with Crippen LogP contribution in [-0.4, -0.2) is 22.4 Å². The average molecular weight is 246 g/mol. The summed E-state index contributed by atoms with van der Waals surface area (Å²) < 4.78 is 5.36. The summed E-state index contributed by atoms with van der Waals surface area (Å²) in [7, 11) is 1.65. The van der Waals surface area contributed by atoms with Crippen molar-refractivity contribution in [2.45, 2.75) is 26.4 Å². The van der Waals surface area contributed by atoms with E-state index in [0.29, 0.717) is 11.6 Å². The zero-order chi connectivity index (χ0) is 13.1. The number of nitrogens with one attached hydrogen (secondary N) is 1. The van der Waals surface area contributed by atoms with Crippen LogP contribution < -0.4 is 4.74 Å². The van der Waals surface area contributed by atoms with Crippen LogP contribution in [0.4, 0.5) is 0 Å². The van der Waals surface area contributed by atoms with Gasteiger partial charge in [0.25, 0.3) is 0 Å². The zero-order valence-electron chi connectivity index (χ0n) is 10.9. The zero-order valence-corrected chi connectivity index (χ0v) is 10.9. The van der Waals surface area contributed by atoms with Crippen molar-refractivity contribution in [3.8, 4) is 17.0 Å². The Kier molecular flexibility index (Phi) is 3.67. The molecule has 2 aromatic rings. The molecule has 1 aromatic heterocycles. The number of H-pyrrole nitrogens is 1. The largest absolute Gasteiger partial charge is 0.496 e. The van der Waals surface area contributed by atoms with Crippen molar-refractivity contribution in [3.05, 3.63) is 35.5 Å². The minimum absolute atomic E-state index is 0.0425. The van der Waals surface area contributed by atoms with Crippen LogP contribution in [0.25, 0.3) is 11.3 Å². The molecule has 0 fully saturated rings. The summed E-state index contributed by atoms with van der Waals surface area (Å²) in [5.41, 5.74) is 3.67. The highest BCUT2D eigenvalue weighted by Gasteiger charge is 2.11. The molecule has 0 unspecified atom stereocenters. The second-order valence-corrected chi connectivity index (χ2v) is 4.55. The number of hydrogen-bond acceptors (Lipinski definition) is 3. The van der Waals surface area contributed by atoms with Crippen LogP contribution in [0.5, 0.6) is 5.75 Å². The number of hydrogen-bond donors (Lipinski definition) is 2. The maximum Gasteiger partial charge on any atom is 0.128 e. The Hall–Kier alpha value is -1.81. The van der Waals surface area contributed by atoms with Gasteiger partial charge in [-0.15, -0.1) is 0 Å². The van der Waals surface area contributed by atoms with E-state index < -0.39 is 0 Å². The fourth-order valence-electron chi connectivity index (χ4n) is 1.87. The molecule has 1 aromatic carbocycles. The van der Waals surface area contributed by atoms with Gasteiger partial charge in [-0.05, 0) is 29.7 Å². The van der Waals surface area contributed by atoms with E-state index >= 15 is 0 Å². The lowest BCUT2D eigenvalue weighted by Gasteiger charge is -2.11. The van der Waals surface area contributed by atoms with Gasteiger partial charge in [0.2, 0.25) is 0 Å². The molecule has 0 aliphatic rings. The highest BCUT2D eigenvalue weighted by atomic mass is 16.5.